The Kier molecular flexibility index (Phi) is 5.27. The topological polar surface area (TPSA) is 52.1 Å². The number of carbonyl (C=O) groups excluding carboxylic acids is 1. The maximum atomic E-state index is 12.5. The van der Waals surface area contributed by atoms with Gasteiger partial charge in [0.2, 0.25) is 0 Å². The summed E-state index contributed by atoms with van der Waals surface area (Å²) >= 11 is 3.33. The van der Waals surface area contributed by atoms with Gasteiger partial charge in [-0.15, -0.1) is 11.3 Å². The minimum absolute atomic E-state index is 0.104. The molecule has 1 unspecified atom stereocenters. The molecular formula is C19H24N2O2S2. The van der Waals surface area contributed by atoms with Gasteiger partial charge in [0.25, 0.3) is 0 Å². The van der Waals surface area contributed by atoms with Crippen molar-refractivity contribution >= 4 is 39.3 Å². The molecule has 2 aliphatic carbocycles. The van der Waals surface area contributed by atoms with Gasteiger partial charge in [0, 0.05) is 10.3 Å². The molecule has 25 heavy (non-hydrogen) atoms. The highest BCUT2D eigenvalue weighted by molar-refractivity contribution is 8.00. The lowest BCUT2D eigenvalue weighted by atomic mass is 9.97. The molecule has 0 amide bonds. The van der Waals surface area contributed by atoms with E-state index in [-0.39, 0.29) is 17.3 Å². The molecule has 4 nitrogen and oxygen atoms in total. The molecule has 0 saturated heterocycles. The van der Waals surface area contributed by atoms with Gasteiger partial charge in [-0.3, -0.25) is 4.79 Å². The summed E-state index contributed by atoms with van der Waals surface area (Å²) in [4.78, 5) is 24.0. The third-order valence-corrected chi connectivity index (χ3v) is 7.45. The molecule has 1 saturated carbocycles. The van der Waals surface area contributed by atoms with Crippen molar-refractivity contribution in [3.63, 3.8) is 0 Å². The van der Waals surface area contributed by atoms with Crippen LogP contribution in [-0.2, 0) is 22.4 Å². The van der Waals surface area contributed by atoms with Crippen LogP contribution in [0.3, 0.4) is 0 Å². The largest absolute Gasteiger partial charge is 0.462 e. The summed E-state index contributed by atoms with van der Waals surface area (Å²) in [6.45, 7) is 1.93. The Morgan fingerprint density at radius 1 is 1.20 bits per heavy atom. The highest BCUT2D eigenvalue weighted by Gasteiger charge is 2.25. The van der Waals surface area contributed by atoms with Gasteiger partial charge >= 0.3 is 5.97 Å². The van der Waals surface area contributed by atoms with Crippen molar-refractivity contribution < 1.29 is 9.53 Å². The van der Waals surface area contributed by atoms with Gasteiger partial charge in [-0.05, 0) is 63.9 Å². The van der Waals surface area contributed by atoms with Gasteiger partial charge in [-0.1, -0.05) is 18.2 Å². The van der Waals surface area contributed by atoms with Crippen LogP contribution in [0.2, 0.25) is 0 Å². The van der Waals surface area contributed by atoms with E-state index < -0.39 is 0 Å². The number of ether oxygens (including phenoxy) is 1. The highest BCUT2D eigenvalue weighted by atomic mass is 32.2. The molecule has 0 bridgehead atoms. The van der Waals surface area contributed by atoms with E-state index in [4.69, 9.17) is 4.74 Å². The molecule has 0 radical (unpaired) electrons. The lowest BCUT2D eigenvalue weighted by molar-refractivity contribution is -0.149. The molecule has 134 valence electrons. The van der Waals surface area contributed by atoms with Crippen LogP contribution in [-0.4, -0.2) is 27.3 Å². The number of nitrogens with zero attached hydrogens (tertiary/aromatic N) is 2. The van der Waals surface area contributed by atoms with Crippen LogP contribution in [0.15, 0.2) is 11.4 Å². The molecule has 2 aliphatic rings. The van der Waals surface area contributed by atoms with Crippen LogP contribution in [0.25, 0.3) is 10.2 Å². The first kappa shape index (κ1) is 17.3. The summed E-state index contributed by atoms with van der Waals surface area (Å²) in [5.41, 5.74) is 1.42. The van der Waals surface area contributed by atoms with E-state index >= 15 is 0 Å². The molecule has 1 atom stereocenters. The quantitative estimate of drug-likeness (QED) is 0.430. The van der Waals surface area contributed by atoms with Crippen molar-refractivity contribution in [1.29, 1.82) is 0 Å². The Hall–Kier alpha value is -1.14. The predicted octanol–water partition coefficient (Wildman–Crippen LogP) is 4.93. The zero-order valence-corrected chi connectivity index (χ0v) is 16.3. The third kappa shape index (κ3) is 3.70. The number of thioether (sulfide) groups is 1. The Morgan fingerprint density at radius 3 is 2.84 bits per heavy atom. The number of fused-ring (bicyclic) bond motifs is 3. The van der Waals surface area contributed by atoms with E-state index in [0.29, 0.717) is 0 Å². The minimum Gasteiger partial charge on any atom is -0.462 e. The Bertz CT molecular complexity index is 768. The van der Waals surface area contributed by atoms with Gasteiger partial charge < -0.3 is 4.74 Å². The molecule has 6 heteroatoms. The Labute approximate surface area is 156 Å². The summed E-state index contributed by atoms with van der Waals surface area (Å²) in [6, 6.07) is 0. The summed E-state index contributed by atoms with van der Waals surface area (Å²) in [6.07, 6.45) is 12.1. The van der Waals surface area contributed by atoms with Crippen LogP contribution in [0.1, 0.15) is 62.3 Å². The van der Waals surface area contributed by atoms with Crippen molar-refractivity contribution in [1.82, 2.24) is 9.97 Å². The number of hydrogen-bond acceptors (Lipinski definition) is 6. The van der Waals surface area contributed by atoms with Gasteiger partial charge in [0.1, 0.15) is 27.5 Å². The number of aromatic nitrogens is 2. The van der Waals surface area contributed by atoms with Crippen LogP contribution in [0, 0.1) is 0 Å². The van der Waals surface area contributed by atoms with Gasteiger partial charge in [0.05, 0.1) is 0 Å². The SMILES string of the molecule is CC(Sc1ncnc2sc3c(c12)CCCC3)C(=O)OC1CCCCC1. The summed E-state index contributed by atoms with van der Waals surface area (Å²) in [7, 11) is 0. The van der Waals surface area contributed by atoms with Crippen LogP contribution in [0.4, 0.5) is 0 Å². The normalized spacial score (nSPS) is 19.6. The molecule has 0 aliphatic heterocycles. The first-order chi connectivity index (χ1) is 12.2. The lowest BCUT2D eigenvalue weighted by Crippen LogP contribution is -2.26. The molecule has 0 aromatic carbocycles. The number of thiophene rings is 1. The van der Waals surface area contributed by atoms with E-state index in [0.717, 1.165) is 35.5 Å². The van der Waals surface area contributed by atoms with Crippen molar-refractivity contribution in [2.45, 2.75) is 81.1 Å². The third-order valence-electron chi connectivity index (χ3n) is 5.17. The minimum atomic E-state index is -0.237. The van der Waals surface area contributed by atoms with E-state index in [1.807, 2.05) is 6.92 Å². The van der Waals surface area contributed by atoms with Crippen LogP contribution < -0.4 is 0 Å². The fourth-order valence-corrected chi connectivity index (χ4v) is 6.04. The fourth-order valence-electron chi connectivity index (χ4n) is 3.81. The molecule has 0 N–H and O–H groups in total. The average Bonchev–Trinajstić information content (AvgIpc) is 3.02. The molecule has 1 fully saturated rings. The summed E-state index contributed by atoms with van der Waals surface area (Å²) in [5.74, 6) is -0.104. The smallest absolute Gasteiger partial charge is 0.319 e. The second kappa shape index (κ2) is 7.62. The molecule has 4 rings (SSSR count). The Morgan fingerprint density at radius 2 is 2.00 bits per heavy atom. The van der Waals surface area contributed by atoms with Crippen LogP contribution in [0.5, 0.6) is 0 Å². The summed E-state index contributed by atoms with van der Waals surface area (Å²) < 4.78 is 5.73. The van der Waals surface area contributed by atoms with E-state index in [1.165, 1.54) is 59.7 Å². The zero-order valence-electron chi connectivity index (χ0n) is 14.6. The first-order valence-electron chi connectivity index (χ1n) is 9.35. The summed E-state index contributed by atoms with van der Waals surface area (Å²) in [5, 5.41) is 1.89. The Balaban J connectivity index is 1.51. The number of rotatable bonds is 4. The maximum Gasteiger partial charge on any atom is 0.319 e. The second-order valence-corrected chi connectivity index (χ2v) is 9.44. The highest BCUT2D eigenvalue weighted by Crippen LogP contribution is 2.40. The molecule has 0 spiro atoms. The molecule has 2 aromatic heterocycles. The average molecular weight is 377 g/mol. The lowest BCUT2D eigenvalue weighted by Gasteiger charge is -2.23. The molecular weight excluding hydrogens is 352 g/mol. The van der Waals surface area contributed by atoms with Gasteiger partial charge in [0.15, 0.2) is 0 Å². The van der Waals surface area contributed by atoms with Gasteiger partial charge in [-0.2, -0.15) is 0 Å². The second-order valence-electron chi connectivity index (χ2n) is 7.03. The number of aryl methyl sites for hydroxylation is 2. The standard InChI is InChI=1S/C19H24N2O2S2/c1-12(19(22)23-13-7-3-2-4-8-13)24-17-16-14-9-5-6-10-15(14)25-18(16)21-11-20-17/h11-13H,2-10H2,1H3. The first-order valence-corrected chi connectivity index (χ1v) is 11.0. The number of carbonyl (C=O) groups is 1. The predicted molar refractivity (Wildman–Crippen MR) is 102 cm³/mol. The molecule has 2 heterocycles. The van der Waals surface area contributed by atoms with Crippen molar-refractivity contribution in [2.75, 3.05) is 0 Å². The molecule has 2 aromatic rings. The maximum absolute atomic E-state index is 12.5. The van der Waals surface area contributed by atoms with E-state index in [2.05, 4.69) is 9.97 Å². The van der Waals surface area contributed by atoms with Crippen molar-refractivity contribution in [2.24, 2.45) is 0 Å². The monoisotopic (exact) mass is 376 g/mol. The van der Waals surface area contributed by atoms with Crippen molar-refractivity contribution in [3.05, 3.63) is 16.8 Å². The van der Waals surface area contributed by atoms with Crippen molar-refractivity contribution in [3.8, 4) is 0 Å². The number of esters is 1. The van der Waals surface area contributed by atoms with E-state index in [1.54, 1.807) is 17.7 Å². The van der Waals surface area contributed by atoms with Crippen LogP contribution >= 0.6 is 23.1 Å². The number of hydrogen-bond donors (Lipinski definition) is 0. The van der Waals surface area contributed by atoms with E-state index in [9.17, 15) is 4.79 Å². The van der Waals surface area contributed by atoms with Gasteiger partial charge in [-0.25, -0.2) is 9.97 Å². The fraction of sp³-hybridized carbons (Fsp3) is 0.632. The zero-order chi connectivity index (χ0) is 17.2.